The van der Waals surface area contributed by atoms with E-state index in [1.807, 2.05) is 24.3 Å². The van der Waals surface area contributed by atoms with E-state index in [1.165, 1.54) is 0 Å². The summed E-state index contributed by atoms with van der Waals surface area (Å²) in [6.45, 7) is 2.08. The van der Waals surface area contributed by atoms with Gasteiger partial charge in [-0.3, -0.25) is 4.79 Å². The number of nitrogens with one attached hydrogen (secondary N) is 1. The number of alkyl halides is 1. The van der Waals surface area contributed by atoms with Gasteiger partial charge in [-0.05, 0) is 37.1 Å². The molecule has 88 valence electrons. The first kappa shape index (κ1) is 13.7. The van der Waals surface area contributed by atoms with Gasteiger partial charge in [0.1, 0.15) is 0 Å². The van der Waals surface area contributed by atoms with Gasteiger partial charge in [0.15, 0.2) is 0 Å². The predicted molar refractivity (Wildman–Crippen MR) is 74.1 cm³/mol. The van der Waals surface area contributed by atoms with Crippen molar-refractivity contribution in [2.45, 2.75) is 25.8 Å². The highest BCUT2D eigenvalue weighted by molar-refractivity contribution is 9.10. The Labute approximate surface area is 113 Å². The lowest BCUT2D eigenvalue weighted by Gasteiger charge is -2.15. The van der Waals surface area contributed by atoms with E-state index in [2.05, 4.69) is 44.1 Å². The van der Waals surface area contributed by atoms with Crippen LogP contribution in [0.2, 0.25) is 0 Å². The summed E-state index contributed by atoms with van der Waals surface area (Å²) in [6.07, 6.45) is 1.91. The molecule has 1 unspecified atom stereocenters. The van der Waals surface area contributed by atoms with Crippen LogP contribution in [-0.2, 0) is 0 Å². The summed E-state index contributed by atoms with van der Waals surface area (Å²) in [5, 5.41) is 3.93. The summed E-state index contributed by atoms with van der Waals surface area (Å²) >= 11 is 6.74. The molecule has 1 amide bonds. The third-order valence-electron chi connectivity index (χ3n) is 2.39. The first-order chi connectivity index (χ1) is 7.67. The van der Waals surface area contributed by atoms with E-state index in [1.54, 1.807) is 0 Å². The molecule has 1 aromatic rings. The molecule has 1 atom stereocenters. The van der Waals surface area contributed by atoms with E-state index in [4.69, 9.17) is 0 Å². The fourth-order valence-corrected chi connectivity index (χ4v) is 2.20. The average Bonchev–Trinajstić information content (AvgIpc) is 2.29. The molecule has 16 heavy (non-hydrogen) atoms. The number of amides is 1. The van der Waals surface area contributed by atoms with Crippen molar-refractivity contribution in [3.05, 3.63) is 34.3 Å². The lowest BCUT2D eigenvalue weighted by molar-refractivity contribution is 0.0935. The predicted octanol–water partition coefficient (Wildman–Crippen LogP) is 3.74. The lowest BCUT2D eigenvalue weighted by Crippen LogP contribution is -2.34. The smallest absolute Gasteiger partial charge is 0.251 e. The Kier molecular flexibility index (Phi) is 6.06. The molecule has 1 aromatic carbocycles. The highest BCUT2D eigenvalue weighted by atomic mass is 79.9. The van der Waals surface area contributed by atoms with Gasteiger partial charge in [0.25, 0.3) is 5.91 Å². The zero-order chi connectivity index (χ0) is 12.0. The first-order valence-electron chi connectivity index (χ1n) is 5.29. The van der Waals surface area contributed by atoms with Gasteiger partial charge in [-0.15, -0.1) is 0 Å². The van der Waals surface area contributed by atoms with Gasteiger partial charge in [-0.1, -0.05) is 38.8 Å². The molecule has 0 heterocycles. The quantitative estimate of drug-likeness (QED) is 0.807. The second-order valence-electron chi connectivity index (χ2n) is 3.56. The van der Waals surface area contributed by atoms with Crippen LogP contribution in [0.1, 0.15) is 30.1 Å². The maximum Gasteiger partial charge on any atom is 0.251 e. The minimum Gasteiger partial charge on any atom is -0.349 e. The van der Waals surface area contributed by atoms with Gasteiger partial charge in [0.05, 0.1) is 0 Å². The van der Waals surface area contributed by atoms with Crippen molar-refractivity contribution in [1.82, 2.24) is 5.32 Å². The second-order valence-corrected chi connectivity index (χ2v) is 5.27. The van der Waals surface area contributed by atoms with Crippen molar-refractivity contribution in [1.29, 1.82) is 0 Å². The van der Waals surface area contributed by atoms with Gasteiger partial charge in [-0.2, -0.15) is 0 Å². The molecule has 1 N–H and O–H groups in total. The minimum absolute atomic E-state index is 0.000278. The minimum atomic E-state index is 0.000278. The van der Waals surface area contributed by atoms with Gasteiger partial charge in [-0.25, -0.2) is 0 Å². The van der Waals surface area contributed by atoms with Crippen LogP contribution in [0.3, 0.4) is 0 Å². The van der Waals surface area contributed by atoms with Crippen LogP contribution in [0.25, 0.3) is 0 Å². The molecule has 1 rings (SSSR count). The fraction of sp³-hybridized carbons (Fsp3) is 0.417. The van der Waals surface area contributed by atoms with E-state index < -0.39 is 0 Å². The van der Waals surface area contributed by atoms with E-state index in [9.17, 15) is 4.79 Å². The summed E-state index contributed by atoms with van der Waals surface area (Å²) in [6, 6.07) is 7.64. The van der Waals surface area contributed by atoms with Gasteiger partial charge >= 0.3 is 0 Å². The maximum atomic E-state index is 11.9. The van der Waals surface area contributed by atoms with E-state index in [0.717, 1.165) is 22.6 Å². The Morgan fingerprint density at radius 3 is 2.50 bits per heavy atom. The summed E-state index contributed by atoms with van der Waals surface area (Å²) in [5.74, 6) is 0.000278. The maximum absolute atomic E-state index is 11.9. The number of benzene rings is 1. The van der Waals surface area contributed by atoms with Crippen LogP contribution in [0.15, 0.2) is 28.7 Å². The third kappa shape index (κ3) is 4.26. The topological polar surface area (TPSA) is 29.1 Å². The molecular weight excluding hydrogens is 334 g/mol. The first-order valence-corrected chi connectivity index (χ1v) is 7.21. The Morgan fingerprint density at radius 1 is 1.38 bits per heavy atom. The van der Waals surface area contributed by atoms with Crippen LogP contribution in [0, 0.1) is 0 Å². The van der Waals surface area contributed by atoms with Gasteiger partial charge in [0, 0.05) is 21.4 Å². The normalized spacial score (nSPS) is 12.2. The highest BCUT2D eigenvalue weighted by Gasteiger charge is 2.11. The van der Waals surface area contributed by atoms with Crippen molar-refractivity contribution in [2.75, 3.05) is 5.33 Å². The number of halogens is 2. The summed E-state index contributed by atoms with van der Waals surface area (Å²) < 4.78 is 0.983. The Bertz CT molecular complexity index is 337. The number of rotatable bonds is 5. The largest absolute Gasteiger partial charge is 0.349 e. The molecule has 0 aliphatic heterocycles. The summed E-state index contributed by atoms with van der Waals surface area (Å²) in [7, 11) is 0. The van der Waals surface area contributed by atoms with Gasteiger partial charge in [0.2, 0.25) is 0 Å². The molecule has 0 aliphatic carbocycles. The highest BCUT2D eigenvalue weighted by Crippen LogP contribution is 2.11. The molecule has 2 nitrogen and oxygen atoms in total. The molecule has 4 heteroatoms. The SMILES string of the molecule is CCC(CCBr)NC(=O)c1ccc(Br)cc1. The number of hydrogen-bond acceptors (Lipinski definition) is 1. The molecular formula is C12H15Br2NO. The number of carbonyl (C=O) groups is 1. The molecule has 0 spiro atoms. The molecule has 0 bridgehead atoms. The monoisotopic (exact) mass is 347 g/mol. The molecule has 0 aliphatic rings. The number of hydrogen-bond donors (Lipinski definition) is 1. The van der Waals surface area contributed by atoms with Crippen LogP contribution in [0.5, 0.6) is 0 Å². The molecule has 0 saturated carbocycles. The number of carbonyl (C=O) groups excluding carboxylic acids is 1. The summed E-state index contributed by atoms with van der Waals surface area (Å²) in [5.41, 5.74) is 0.705. The van der Waals surface area contributed by atoms with Crippen molar-refractivity contribution >= 4 is 37.8 Å². The summed E-state index contributed by atoms with van der Waals surface area (Å²) in [4.78, 5) is 11.9. The average molecular weight is 349 g/mol. The lowest BCUT2D eigenvalue weighted by atomic mass is 10.1. The second kappa shape index (κ2) is 7.07. The molecule has 0 aromatic heterocycles. The molecule has 0 saturated heterocycles. The van der Waals surface area contributed by atoms with Crippen molar-refractivity contribution in [2.24, 2.45) is 0 Å². The zero-order valence-electron chi connectivity index (χ0n) is 9.17. The van der Waals surface area contributed by atoms with Crippen molar-refractivity contribution in [3.8, 4) is 0 Å². The molecule has 0 radical (unpaired) electrons. The third-order valence-corrected chi connectivity index (χ3v) is 3.38. The zero-order valence-corrected chi connectivity index (χ0v) is 12.3. The van der Waals surface area contributed by atoms with Crippen LogP contribution < -0.4 is 5.32 Å². The van der Waals surface area contributed by atoms with Gasteiger partial charge < -0.3 is 5.32 Å². The molecule has 0 fully saturated rings. The van der Waals surface area contributed by atoms with Crippen molar-refractivity contribution in [3.63, 3.8) is 0 Å². The van der Waals surface area contributed by atoms with Crippen LogP contribution in [0.4, 0.5) is 0 Å². The van der Waals surface area contributed by atoms with Crippen molar-refractivity contribution < 1.29 is 4.79 Å². The van der Waals surface area contributed by atoms with E-state index in [-0.39, 0.29) is 11.9 Å². The Hall–Kier alpha value is -0.350. The fourth-order valence-electron chi connectivity index (χ4n) is 1.38. The van der Waals surface area contributed by atoms with Crippen LogP contribution >= 0.6 is 31.9 Å². The Balaban J connectivity index is 2.60. The van der Waals surface area contributed by atoms with Crippen LogP contribution in [-0.4, -0.2) is 17.3 Å². The Morgan fingerprint density at radius 2 is 2.00 bits per heavy atom. The van der Waals surface area contributed by atoms with E-state index >= 15 is 0 Å². The van der Waals surface area contributed by atoms with E-state index in [0.29, 0.717) is 5.56 Å². The standard InChI is InChI=1S/C12H15Br2NO/c1-2-11(7-8-13)15-12(16)9-3-5-10(14)6-4-9/h3-6,11H,2,7-8H2,1H3,(H,15,16).